The van der Waals surface area contributed by atoms with Gasteiger partial charge in [0.15, 0.2) is 0 Å². The summed E-state index contributed by atoms with van der Waals surface area (Å²) in [6, 6.07) is 12.5. The van der Waals surface area contributed by atoms with E-state index >= 15 is 0 Å². The molecule has 36 heavy (non-hydrogen) atoms. The Bertz CT molecular complexity index is 1180. The van der Waals surface area contributed by atoms with Crippen LogP contribution in [0.1, 0.15) is 48.0 Å². The monoisotopic (exact) mass is 515 g/mol. The van der Waals surface area contributed by atoms with E-state index in [4.69, 9.17) is 14.6 Å². The maximum atomic E-state index is 13.4. The molecule has 9 heteroatoms. The van der Waals surface area contributed by atoms with Crippen LogP contribution in [0.3, 0.4) is 0 Å². The maximum absolute atomic E-state index is 13.4. The second-order valence-corrected chi connectivity index (χ2v) is 11.7. The van der Waals surface area contributed by atoms with E-state index in [0.717, 1.165) is 57.4 Å². The van der Waals surface area contributed by atoms with Crippen LogP contribution in [0, 0.1) is 5.41 Å². The number of likely N-dealkylation sites (tertiary alicyclic amines) is 1. The van der Waals surface area contributed by atoms with E-state index < -0.39 is 10.0 Å². The number of benzene rings is 2. The summed E-state index contributed by atoms with van der Waals surface area (Å²) in [5.41, 5.74) is 1.63. The second-order valence-electron chi connectivity index (χ2n) is 10.1. The number of hydrogen-bond acceptors (Lipinski definition) is 6. The van der Waals surface area contributed by atoms with Crippen LogP contribution < -0.4 is 14.6 Å². The average Bonchev–Trinajstić information content (AvgIpc) is 2.86. The number of sulfonamides is 1. The molecule has 0 radical (unpaired) electrons. The quantitative estimate of drug-likeness (QED) is 0.673. The van der Waals surface area contributed by atoms with Gasteiger partial charge in [0, 0.05) is 26.2 Å². The van der Waals surface area contributed by atoms with Crippen LogP contribution in [-0.2, 0) is 16.4 Å². The van der Waals surface area contributed by atoms with Gasteiger partial charge < -0.3 is 19.3 Å². The fraction of sp³-hybridized carbons (Fsp3) is 0.519. The third-order valence-corrected chi connectivity index (χ3v) is 8.46. The highest BCUT2D eigenvalue weighted by atomic mass is 32.2. The number of aryl methyl sites for hydroxylation is 1. The lowest BCUT2D eigenvalue weighted by atomic mass is 9.73. The third kappa shape index (κ3) is 6.19. The highest BCUT2D eigenvalue weighted by Crippen LogP contribution is 2.39. The summed E-state index contributed by atoms with van der Waals surface area (Å²) in [7, 11) is -0.311. The number of nitrogens with two attached hydrogens (primary N) is 1. The van der Waals surface area contributed by atoms with Gasteiger partial charge in [-0.05, 0) is 74.4 Å². The summed E-state index contributed by atoms with van der Waals surface area (Å²) >= 11 is 0. The summed E-state index contributed by atoms with van der Waals surface area (Å²) in [6.07, 6.45) is 6.15. The highest BCUT2D eigenvalue weighted by molar-refractivity contribution is 7.89. The number of ether oxygens (including phenoxy) is 2. The van der Waals surface area contributed by atoms with Crippen LogP contribution in [-0.4, -0.2) is 71.1 Å². The van der Waals surface area contributed by atoms with Gasteiger partial charge in [-0.25, -0.2) is 13.6 Å². The molecular weight excluding hydrogens is 478 g/mol. The molecule has 0 saturated carbocycles. The zero-order valence-electron chi connectivity index (χ0n) is 21.2. The molecule has 0 unspecified atom stereocenters. The number of primary sulfonamides is 1. The summed E-state index contributed by atoms with van der Waals surface area (Å²) in [5, 5.41) is 5.29. The van der Waals surface area contributed by atoms with E-state index in [9.17, 15) is 13.2 Å². The molecule has 2 aliphatic rings. The number of fused-ring (bicyclic) bond motifs is 1. The van der Waals surface area contributed by atoms with Crippen LogP contribution in [0.2, 0.25) is 0 Å². The standard InChI is InChI=1S/C27H37N3O5S/c1-29-17-18-35-24-9-4-3-7-21(24)8-5-6-12-27(20-29)13-15-30(16-14-27)26(31)23-19-22(36(28,32)33)10-11-25(23)34-2/h3-4,7,9-11,19H,5-6,8,12-18,20H2,1-2H3,(H2,28,32,33). The van der Waals surface area contributed by atoms with Crippen LogP contribution >= 0.6 is 0 Å². The van der Waals surface area contributed by atoms with E-state index in [2.05, 4.69) is 30.1 Å². The fourth-order valence-electron chi connectivity index (χ4n) is 5.50. The molecule has 196 valence electrons. The van der Waals surface area contributed by atoms with Gasteiger partial charge in [-0.3, -0.25) is 4.79 Å². The molecule has 1 fully saturated rings. The number of para-hydroxylation sites is 1. The number of carbonyl (C=O) groups is 1. The molecule has 2 N–H and O–H groups in total. The summed E-state index contributed by atoms with van der Waals surface area (Å²) < 4.78 is 35.1. The first-order chi connectivity index (χ1) is 17.2. The molecule has 2 aromatic rings. The highest BCUT2D eigenvalue weighted by Gasteiger charge is 2.37. The van der Waals surface area contributed by atoms with Gasteiger partial charge in [-0.1, -0.05) is 24.6 Å². The zero-order valence-corrected chi connectivity index (χ0v) is 22.1. The Kier molecular flexibility index (Phi) is 8.22. The molecule has 1 saturated heterocycles. The predicted molar refractivity (Wildman–Crippen MR) is 139 cm³/mol. The largest absolute Gasteiger partial charge is 0.496 e. The first-order valence-electron chi connectivity index (χ1n) is 12.6. The number of amides is 1. The lowest BCUT2D eigenvalue weighted by molar-refractivity contribution is 0.0422. The average molecular weight is 516 g/mol. The Morgan fingerprint density at radius 3 is 2.53 bits per heavy atom. The van der Waals surface area contributed by atoms with E-state index in [1.165, 1.54) is 30.9 Å². The van der Waals surface area contributed by atoms with Gasteiger partial charge >= 0.3 is 0 Å². The van der Waals surface area contributed by atoms with Crippen molar-refractivity contribution in [2.24, 2.45) is 10.6 Å². The number of piperidine rings is 1. The molecule has 2 aromatic carbocycles. The first-order valence-corrected chi connectivity index (χ1v) is 14.1. The first kappa shape index (κ1) is 26.4. The number of methoxy groups -OCH3 is 1. The molecule has 0 aliphatic carbocycles. The minimum atomic E-state index is -3.92. The third-order valence-electron chi connectivity index (χ3n) is 7.55. The van der Waals surface area contributed by atoms with E-state index in [1.54, 1.807) is 0 Å². The smallest absolute Gasteiger partial charge is 0.257 e. The van der Waals surface area contributed by atoms with E-state index in [1.807, 2.05) is 11.0 Å². The molecule has 2 heterocycles. The topological polar surface area (TPSA) is 102 Å². The maximum Gasteiger partial charge on any atom is 0.257 e. The fourth-order valence-corrected chi connectivity index (χ4v) is 6.04. The van der Waals surface area contributed by atoms with Crippen LogP contribution in [0.5, 0.6) is 11.5 Å². The molecule has 8 nitrogen and oxygen atoms in total. The predicted octanol–water partition coefficient (Wildman–Crippen LogP) is 3.30. The van der Waals surface area contributed by atoms with Crippen molar-refractivity contribution in [2.75, 3.05) is 46.9 Å². The van der Waals surface area contributed by atoms with E-state index in [0.29, 0.717) is 25.4 Å². The molecule has 4 rings (SSSR count). The van der Waals surface area contributed by atoms with Gasteiger partial charge in [-0.2, -0.15) is 0 Å². The lowest BCUT2D eigenvalue weighted by Gasteiger charge is -2.44. The summed E-state index contributed by atoms with van der Waals surface area (Å²) in [6.45, 7) is 3.69. The van der Waals surface area contributed by atoms with Crippen molar-refractivity contribution in [3.8, 4) is 11.5 Å². The van der Waals surface area contributed by atoms with Crippen molar-refractivity contribution >= 4 is 15.9 Å². The van der Waals surface area contributed by atoms with Gasteiger partial charge in [0.2, 0.25) is 10.0 Å². The Labute approximate surface area is 214 Å². The van der Waals surface area contributed by atoms with Gasteiger partial charge in [-0.15, -0.1) is 0 Å². The Morgan fingerprint density at radius 1 is 1.06 bits per heavy atom. The Morgan fingerprint density at radius 2 is 1.81 bits per heavy atom. The number of carbonyl (C=O) groups excluding carboxylic acids is 1. The summed E-state index contributed by atoms with van der Waals surface area (Å²) in [5.74, 6) is 1.12. The number of nitrogens with zero attached hydrogens (tertiary/aromatic N) is 2. The van der Waals surface area contributed by atoms with Gasteiger partial charge in [0.1, 0.15) is 18.1 Å². The molecule has 0 atom stereocenters. The lowest BCUT2D eigenvalue weighted by Crippen LogP contribution is -2.48. The molecule has 1 amide bonds. The van der Waals surface area contributed by atoms with Gasteiger partial charge in [0.05, 0.1) is 17.6 Å². The van der Waals surface area contributed by atoms with Crippen molar-refractivity contribution < 1.29 is 22.7 Å². The van der Waals surface area contributed by atoms with Crippen LogP contribution in [0.15, 0.2) is 47.4 Å². The molecule has 0 bridgehead atoms. The van der Waals surface area contributed by atoms with Crippen molar-refractivity contribution in [1.82, 2.24) is 9.80 Å². The second kappa shape index (κ2) is 11.2. The SMILES string of the molecule is COc1ccc(S(N)(=O)=O)cc1C(=O)N1CCC2(CCCCc3ccccc3OCCN(C)C2)CC1. The van der Waals surface area contributed by atoms with Crippen molar-refractivity contribution in [3.05, 3.63) is 53.6 Å². The number of likely N-dealkylation sites (N-methyl/N-ethyl adjacent to an activating group) is 1. The zero-order chi connectivity index (χ0) is 25.8. The van der Waals surface area contributed by atoms with Crippen LogP contribution in [0.4, 0.5) is 0 Å². The molecule has 1 spiro atoms. The van der Waals surface area contributed by atoms with Gasteiger partial charge in [0.25, 0.3) is 5.91 Å². The molecule has 2 aliphatic heterocycles. The van der Waals surface area contributed by atoms with E-state index in [-0.39, 0.29) is 21.8 Å². The summed E-state index contributed by atoms with van der Waals surface area (Å²) in [4.78, 5) is 17.5. The minimum absolute atomic E-state index is 0.0927. The van der Waals surface area contributed by atoms with Crippen LogP contribution in [0.25, 0.3) is 0 Å². The van der Waals surface area contributed by atoms with Crippen molar-refractivity contribution in [2.45, 2.75) is 43.4 Å². The number of rotatable bonds is 3. The number of hydrogen-bond donors (Lipinski definition) is 1. The Hall–Kier alpha value is -2.62. The molecular formula is C27H37N3O5S. The normalized spacial score (nSPS) is 19.5. The van der Waals surface area contributed by atoms with Crippen molar-refractivity contribution in [1.29, 1.82) is 0 Å². The minimum Gasteiger partial charge on any atom is -0.496 e. The van der Waals surface area contributed by atoms with Crippen molar-refractivity contribution in [3.63, 3.8) is 0 Å². The molecule has 0 aromatic heterocycles. The Balaban J connectivity index is 1.46.